The van der Waals surface area contributed by atoms with Gasteiger partial charge in [0.05, 0.1) is 5.92 Å². The lowest BCUT2D eigenvalue weighted by Gasteiger charge is -2.43. The molecule has 0 unspecified atom stereocenters. The molecule has 0 spiro atoms. The average Bonchev–Trinajstić information content (AvgIpc) is 3.13. The van der Waals surface area contributed by atoms with Gasteiger partial charge in [-0.05, 0) is 30.4 Å². The number of fused-ring (bicyclic) bond motifs is 4. The van der Waals surface area contributed by atoms with E-state index in [2.05, 4.69) is 12.1 Å². The monoisotopic (exact) mass is 405 g/mol. The molecule has 3 aliphatic heterocycles. The van der Waals surface area contributed by atoms with Crippen LogP contribution in [0.4, 0.5) is 0 Å². The van der Waals surface area contributed by atoms with Crippen LogP contribution in [-0.2, 0) is 22.6 Å². The Kier molecular flexibility index (Phi) is 4.93. The molecule has 1 aromatic carbocycles. The maximum atomic E-state index is 13.3. The van der Waals surface area contributed by atoms with Crippen LogP contribution in [0.1, 0.15) is 30.0 Å². The van der Waals surface area contributed by atoms with Gasteiger partial charge < -0.3 is 14.4 Å². The van der Waals surface area contributed by atoms with E-state index < -0.39 is 0 Å². The summed E-state index contributed by atoms with van der Waals surface area (Å²) < 4.78 is 1.88. The lowest BCUT2D eigenvalue weighted by atomic mass is 9.82. The molecule has 6 heteroatoms. The number of aromatic nitrogens is 1. The predicted molar refractivity (Wildman–Crippen MR) is 113 cm³/mol. The highest BCUT2D eigenvalue weighted by molar-refractivity contribution is 5.89. The summed E-state index contributed by atoms with van der Waals surface area (Å²) in [7, 11) is 0. The Labute approximate surface area is 176 Å². The zero-order valence-electron chi connectivity index (χ0n) is 17.1. The topological polar surface area (TPSA) is 62.6 Å². The molecule has 0 saturated carbocycles. The molecule has 0 aliphatic carbocycles. The molecule has 30 heavy (non-hydrogen) atoms. The third-order valence-electron chi connectivity index (χ3n) is 6.87. The fourth-order valence-electron chi connectivity index (χ4n) is 5.40. The van der Waals surface area contributed by atoms with Crippen LogP contribution in [0.15, 0.2) is 53.3 Å². The smallest absolute Gasteiger partial charge is 0.250 e. The Morgan fingerprint density at radius 1 is 0.933 bits per heavy atom. The van der Waals surface area contributed by atoms with Gasteiger partial charge in [0.15, 0.2) is 0 Å². The van der Waals surface area contributed by atoms with Crippen molar-refractivity contribution in [2.45, 2.75) is 31.7 Å². The molecule has 3 atom stereocenters. The predicted octanol–water partition coefficient (Wildman–Crippen LogP) is 1.89. The number of hydrogen-bond acceptors (Lipinski definition) is 3. The Hall–Kier alpha value is -2.89. The van der Waals surface area contributed by atoms with Gasteiger partial charge in [-0.1, -0.05) is 36.4 Å². The van der Waals surface area contributed by atoms with Crippen molar-refractivity contribution in [3.8, 4) is 0 Å². The van der Waals surface area contributed by atoms with Gasteiger partial charge in [-0.25, -0.2) is 0 Å². The summed E-state index contributed by atoms with van der Waals surface area (Å²) in [5, 5.41) is 0. The van der Waals surface area contributed by atoms with Crippen molar-refractivity contribution in [2.75, 3.05) is 26.2 Å². The highest BCUT2D eigenvalue weighted by Crippen LogP contribution is 2.36. The molecular formula is C24H27N3O3. The summed E-state index contributed by atoms with van der Waals surface area (Å²) in [6, 6.07) is 15.6. The van der Waals surface area contributed by atoms with Gasteiger partial charge in [-0.3, -0.25) is 14.4 Å². The quantitative estimate of drug-likeness (QED) is 0.780. The first-order valence-electron chi connectivity index (χ1n) is 10.9. The number of rotatable bonds is 4. The highest BCUT2D eigenvalue weighted by Gasteiger charge is 2.41. The third kappa shape index (κ3) is 3.55. The van der Waals surface area contributed by atoms with Gasteiger partial charge in [0.2, 0.25) is 11.8 Å². The zero-order valence-corrected chi connectivity index (χ0v) is 17.1. The molecule has 1 aromatic heterocycles. The van der Waals surface area contributed by atoms with Crippen molar-refractivity contribution in [2.24, 2.45) is 11.8 Å². The van der Waals surface area contributed by atoms with Crippen molar-refractivity contribution in [1.82, 2.24) is 14.4 Å². The molecule has 3 aliphatic rings. The molecule has 2 amide bonds. The van der Waals surface area contributed by atoms with E-state index in [1.54, 1.807) is 6.07 Å². The molecule has 2 aromatic rings. The van der Waals surface area contributed by atoms with Crippen LogP contribution in [0.2, 0.25) is 0 Å². The van der Waals surface area contributed by atoms with Crippen molar-refractivity contribution in [1.29, 1.82) is 0 Å². The minimum Gasteiger partial charge on any atom is -0.342 e. The second kappa shape index (κ2) is 7.74. The van der Waals surface area contributed by atoms with Gasteiger partial charge in [-0.15, -0.1) is 0 Å². The number of pyridine rings is 1. The number of carbonyl (C=O) groups is 2. The minimum absolute atomic E-state index is 0.0532. The first kappa shape index (κ1) is 19.1. The van der Waals surface area contributed by atoms with Gasteiger partial charge >= 0.3 is 0 Å². The normalized spacial score (nSPS) is 25.3. The maximum absolute atomic E-state index is 13.3. The van der Waals surface area contributed by atoms with Crippen molar-refractivity contribution >= 4 is 11.8 Å². The summed E-state index contributed by atoms with van der Waals surface area (Å²) in [6.07, 6.45) is 2.16. The standard InChI is InChI=1S/C24H27N3O3/c28-22-8-4-7-21-19-11-18(14-27(21)22)13-26(15-19)24(30)20-12-23(29)25(16-20)10-9-17-5-2-1-3-6-17/h1-8,18-20H,9-16H2/t18-,19+,20-/m0/s1. The molecule has 156 valence electrons. The summed E-state index contributed by atoms with van der Waals surface area (Å²) in [5.74, 6) is 0.462. The van der Waals surface area contributed by atoms with E-state index in [1.807, 2.05) is 44.7 Å². The number of hydrogen-bond donors (Lipinski definition) is 0. The average molecular weight is 405 g/mol. The summed E-state index contributed by atoms with van der Waals surface area (Å²) in [5.41, 5.74) is 2.30. The van der Waals surface area contributed by atoms with Crippen molar-refractivity contribution < 1.29 is 9.59 Å². The molecule has 2 bridgehead atoms. The second-order valence-electron chi connectivity index (χ2n) is 8.92. The molecule has 0 radical (unpaired) electrons. The first-order valence-corrected chi connectivity index (χ1v) is 10.9. The summed E-state index contributed by atoms with van der Waals surface area (Å²) in [6.45, 7) is 3.20. The van der Waals surface area contributed by atoms with Crippen LogP contribution >= 0.6 is 0 Å². The Bertz CT molecular complexity index is 1020. The number of benzene rings is 1. The summed E-state index contributed by atoms with van der Waals surface area (Å²) >= 11 is 0. The number of carbonyl (C=O) groups excluding carboxylic acids is 2. The number of nitrogens with zero attached hydrogens (tertiary/aromatic N) is 3. The number of amides is 2. The fraction of sp³-hybridized carbons (Fsp3) is 0.458. The lowest BCUT2D eigenvalue weighted by molar-refractivity contribution is -0.138. The summed E-state index contributed by atoms with van der Waals surface area (Å²) in [4.78, 5) is 41.8. The second-order valence-corrected chi connectivity index (χ2v) is 8.92. The van der Waals surface area contributed by atoms with Crippen LogP contribution in [0, 0.1) is 11.8 Å². The first-order chi connectivity index (χ1) is 14.6. The largest absolute Gasteiger partial charge is 0.342 e. The van der Waals surface area contributed by atoms with Crippen LogP contribution < -0.4 is 5.56 Å². The maximum Gasteiger partial charge on any atom is 0.250 e. The molecule has 0 N–H and O–H groups in total. The van der Waals surface area contributed by atoms with E-state index in [0.717, 1.165) is 18.5 Å². The number of piperidine rings is 1. The van der Waals surface area contributed by atoms with Crippen LogP contribution in [0.3, 0.4) is 0 Å². The highest BCUT2D eigenvalue weighted by atomic mass is 16.2. The van der Waals surface area contributed by atoms with Gasteiger partial charge in [0, 0.05) is 56.8 Å². The fourth-order valence-corrected chi connectivity index (χ4v) is 5.40. The third-order valence-corrected chi connectivity index (χ3v) is 6.87. The van der Waals surface area contributed by atoms with Gasteiger partial charge in [0.1, 0.15) is 0 Å². The van der Waals surface area contributed by atoms with Gasteiger partial charge in [-0.2, -0.15) is 0 Å². The Morgan fingerprint density at radius 3 is 2.60 bits per heavy atom. The molecular weight excluding hydrogens is 378 g/mol. The number of likely N-dealkylation sites (tertiary alicyclic amines) is 2. The Morgan fingerprint density at radius 2 is 1.77 bits per heavy atom. The van der Waals surface area contributed by atoms with Crippen LogP contribution in [0.5, 0.6) is 0 Å². The van der Waals surface area contributed by atoms with E-state index >= 15 is 0 Å². The molecule has 6 nitrogen and oxygen atoms in total. The van der Waals surface area contributed by atoms with E-state index in [4.69, 9.17) is 0 Å². The van der Waals surface area contributed by atoms with Crippen LogP contribution in [0.25, 0.3) is 0 Å². The molecule has 5 rings (SSSR count). The Balaban J connectivity index is 1.24. The SMILES string of the molecule is O=C1C[C@H](C(=O)N2C[C@@H]3C[C@H](C2)c2cccc(=O)n2C3)CN1CCc1ccccc1. The van der Waals surface area contributed by atoms with Crippen molar-refractivity contribution in [3.63, 3.8) is 0 Å². The van der Waals surface area contributed by atoms with Gasteiger partial charge in [0.25, 0.3) is 5.56 Å². The zero-order chi connectivity index (χ0) is 20.7. The molecule has 2 fully saturated rings. The van der Waals surface area contributed by atoms with E-state index in [1.165, 1.54) is 5.56 Å². The van der Waals surface area contributed by atoms with Crippen molar-refractivity contribution in [3.05, 3.63) is 70.1 Å². The molecule has 4 heterocycles. The lowest BCUT2D eigenvalue weighted by Crippen LogP contribution is -2.50. The van der Waals surface area contributed by atoms with E-state index in [0.29, 0.717) is 45.1 Å². The van der Waals surface area contributed by atoms with Crippen LogP contribution in [-0.4, -0.2) is 52.4 Å². The minimum atomic E-state index is -0.245. The van der Waals surface area contributed by atoms with E-state index in [9.17, 15) is 14.4 Å². The van der Waals surface area contributed by atoms with E-state index in [-0.39, 0.29) is 29.2 Å². The molecule has 2 saturated heterocycles.